The van der Waals surface area contributed by atoms with E-state index >= 15 is 0 Å². The van der Waals surface area contributed by atoms with Crippen LogP contribution in [0.3, 0.4) is 0 Å². The second-order valence-corrected chi connectivity index (χ2v) is 6.08. The lowest BCUT2D eigenvalue weighted by molar-refractivity contribution is -0.130. The van der Waals surface area contributed by atoms with E-state index in [-0.39, 0.29) is 18.1 Å². The van der Waals surface area contributed by atoms with Crippen molar-refractivity contribution in [3.05, 3.63) is 23.5 Å². The highest BCUT2D eigenvalue weighted by molar-refractivity contribution is 5.73. The summed E-state index contributed by atoms with van der Waals surface area (Å²) >= 11 is 0. The number of carbonyl (C=O) groups excluding carboxylic acids is 2. The Kier molecular flexibility index (Phi) is 4.36. The van der Waals surface area contributed by atoms with E-state index in [1.807, 2.05) is 6.08 Å². The van der Waals surface area contributed by atoms with Gasteiger partial charge < -0.3 is 15.0 Å². The highest BCUT2D eigenvalue weighted by Gasteiger charge is 2.27. The minimum Gasteiger partial charge on any atom is -0.446 e. The smallest absolute Gasteiger partial charge is 0.414 e. The lowest BCUT2D eigenvalue weighted by atomic mass is 10.0. The van der Waals surface area contributed by atoms with Crippen molar-refractivity contribution in [2.24, 2.45) is 0 Å². The van der Waals surface area contributed by atoms with Crippen LogP contribution in [0.2, 0.25) is 0 Å². The van der Waals surface area contributed by atoms with Crippen LogP contribution in [0.25, 0.3) is 0 Å². The molecule has 0 aromatic heterocycles. The van der Waals surface area contributed by atoms with Crippen LogP contribution in [0.4, 0.5) is 4.79 Å². The van der Waals surface area contributed by atoms with Crippen LogP contribution in [0.15, 0.2) is 23.5 Å². The van der Waals surface area contributed by atoms with Gasteiger partial charge in [0.2, 0.25) is 5.91 Å². The number of amides is 2. The zero-order chi connectivity index (χ0) is 15.5. The van der Waals surface area contributed by atoms with Gasteiger partial charge in [-0.15, -0.1) is 0 Å². The molecule has 0 radical (unpaired) electrons. The van der Waals surface area contributed by atoms with Gasteiger partial charge in [-0.25, -0.2) is 4.79 Å². The number of allylic oxidation sites excluding steroid dienone is 1. The molecular formula is C16H23N3O3. The van der Waals surface area contributed by atoms with Gasteiger partial charge in [-0.05, 0) is 24.5 Å². The van der Waals surface area contributed by atoms with Crippen LogP contribution in [0.1, 0.15) is 32.6 Å². The van der Waals surface area contributed by atoms with Gasteiger partial charge in [0.05, 0.1) is 6.54 Å². The third-order valence-corrected chi connectivity index (χ3v) is 4.52. The van der Waals surface area contributed by atoms with Crippen LogP contribution in [0.5, 0.6) is 0 Å². The Labute approximate surface area is 130 Å². The Morgan fingerprint density at radius 2 is 2.09 bits per heavy atom. The lowest BCUT2D eigenvalue weighted by Crippen LogP contribution is -2.42. The van der Waals surface area contributed by atoms with Crippen molar-refractivity contribution in [3.63, 3.8) is 0 Å². The molecular weight excluding hydrogens is 282 g/mol. The predicted octanol–water partition coefficient (Wildman–Crippen LogP) is 1.60. The second-order valence-electron chi connectivity index (χ2n) is 6.08. The van der Waals surface area contributed by atoms with Gasteiger partial charge in [0.1, 0.15) is 6.10 Å². The maximum Gasteiger partial charge on any atom is 0.414 e. The standard InChI is InChI=1S/C16H23N3O3/c1-12(20)18-8-4-14(5-9-18)22-16(21)19-10-6-15-13(11-19)3-2-7-17-15/h6,10,14,17H,2-5,7-9,11H2,1H3. The fourth-order valence-corrected chi connectivity index (χ4v) is 3.17. The van der Waals surface area contributed by atoms with Crippen molar-refractivity contribution < 1.29 is 14.3 Å². The summed E-state index contributed by atoms with van der Waals surface area (Å²) in [6.07, 6.45) is 6.97. The van der Waals surface area contributed by atoms with E-state index in [4.69, 9.17) is 4.74 Å². The molecule has 1 fully saturated rings. The van der Waals surface area contributed by atoms with Gasteiger partial charge in [0.15, 0.2) is 0 Å². The van der Waals surface area contributed by atoms with Crippen molar-refractivity contribution in [1.82, 2.24) is 15.1 Å². The van der Waals surface area contributed by atoms with Gasteiger partial charge >= 0.3 is 6.09 Å². The number of nitrogens with zero attached hydrogens (tertiary/aromatic N) is 2. The number of hydrogen-bond acceptors (Lipinski definition) is 4. The lowest BCUT2D eigenvalue weighted by Gasteiger charge is -2.33. The average molecular weight is 305 g/mol. The molecule has 0 spiro atoms. The molecule has 1 N–H and O–H groups in total. The fourth-order valence-electron chi connectivity index (χ4n) is 3.17. The molecule has 2 amide bonds. The topological polar surface area (TPSA) is 61.9 Å². The molecule has 22 heavy (non-hydrogen) atoms. The Bertz CT molecular complexity index is 519. The number of rotatable bonds is 1. The maximum absolute atomic E-state index is 12.3. The Balaban J connectivity index is 1.50. The van der Waals surface area contributed by atoms with Crippen LogP contribution < -0.4 is 5.32 Å². The molecule has 0 unspecified atom stereocenters. The van der Waals surface area contributed by atoms with Crippen molar-refractivity contribution in [1.29, 1.82) is 0 Å². The molecule has 6 nitrogen and oxygen atoms in total. The minimum atomic E-state index is -0.283. The van der Waals surface area contributed by atoms with E-state index in [1.54, 1.807) is 22.9 Å². The van der Waals surface area contributed by atoms with E-state index in [0.717, 1.165) is 37.9 Å². The van der Waals surface area contributed by atoms with E-state index in [1.165, 1.54) is 5.57 Å². The SMILES string of the molecule is CC(=O)N1CCC(OC(=O)N2C=CC3=C(CCCN3)C2)CC1. The summed E-state index contributed by atoms with van der Waals surface area (Å²) in [5.41, 5.74) is 2.43. The molecule has 0 bridgehead atoms. The van der Waals surface area contributed by atoms with Gasteiger partial charge in [-0.1, -0.05) is 0 Å². The van der Waals surface area contributed by atoms with E-state index in [0.29, 0.717) is 19.6 Å². The summed E-state index contributed by atoms with van der Waals surface area (Å²) in [5, 5.41) is 3.35. The summed E-state index contributed by atoms with van der Waals surface area (Å²) in [5.74, 6) is 0.0907. The third-order valence-electron chi connectivity index (χ3n) is 4.52. The monoisotopic (exact) mass is 305 g/mol. The van der Waals surface area contributed by atoms with Crippen molar-refractivity contribution >= 4 is 12.0 Å². The van der Waals surface area contributed by atoms with E-state index in [2.05, 4.69) is 5.32 Å². The van der Waals surface area contributed by atoms with Crippen LogP contribution >= 0.6 is 0 Å². The molecule has 1 saturated heterocycles. The van der Waals surface area contributed by atoms with Gasteiger partial charge in [-0.3, -0.25) is 9.69 Å². The average Bonchev–Trinajstić information content (AvgIpc) is 2.55. The Morgan fingerprint density at radius 1 is 1.32 bits per heavy atom. The Hall–Kier alpha value is -1.98. The van der Waals surface area contributed by atoms with Crippen LogP contribution in [-0.4, -0.2) is 54.1 Å². The van der Waals surface area contributed by atoms with E-state index < -0.39 is 0 Å². The highest BCUT2D eigenvalue weighted by atomic mass is 16.6. The fraction of sp³-hybridized carbons (Fsp3) is 0.625. The number of carbonyl (C=O) groups is 2. The second kappa shape index (κ2) is 6.42. The van der Waals surface area contributed by atoms with Crippen molar-refractivity contribution in [2.75, 3.05) is 26.2 Å². The first kappa shape index (κ1) is 14.9. The van der Waals surface area contributed by atoms with Crippen molar-refractivity contribution in [3.8, 4) is 0 Å². The van der Waals surface area contributed by atoms with Crippen molar-refractivity contribution in [2.45, 2.75) is 38.7 Å². The molecule has 3 aliphatic rings. The quantitative estimate of drug-likeness (QED) is 0.799. The largest absolute Gasteiger partial charge is 0.446 e. The summed E-state index contributed by atoms with van der Waals surface area (Å²) in [7, 11) is 0. The first-order valence-corrected chi connectivity index (χ1v) is 8.00. The number of piperidine rings is 1. The molecule has 0 atom stereocenters. The number of likely N-dealkylation sites (tertiary alicyclic amines) is 1. The molecule has 3 heterocycles. The van der Waals surface area contributed by atoms with E-state index in [9.17, 15) is 9.59 Å². The number of hydrogen-bond donors (Lipinski definition) is 1. The van der Waals surface area contributed by atoms with Gasteiger partial charge in [0.25, 0.3) is 0 Å². The minimum absolute atomic E-state index is 0.0867. The summed E-state index contributed by atoms with van der Waals surface area (Å²) < 4.78 is 5.59. The van der Waals surface area contributed by atoms with Gasteiger partial charge in [-0.2, -0.15) is 0 Å². The summed E-state index contributed by atoms with van der Waals surface area (Å²) in [4.78, 5) is 27.0. The molecule has 0 saturated carbocycles. The van der Waals surface area contributed by atoms with Gasteiger partial charge in [0, 0.05) is 51.3 Å². The highest BCUT2D eigenvalue weighted by Crippen LogP contribution is 2.22. The maximum atomic E-state index is 12.3. The molecule has 0 aromatic rings. The first-order valence-electron chi connectivity index (χ1n) is 8.00. The molecule has 6 heteroatoms. The third kappa shape index (κ3) is 3.26. The number of ether oxygens (including phenoxy) is 1. The molecule has 3 aliphatic heterocycles. The van der Waals surface area contributed by atoms with Crippen LogP contribution in [0, 0.1) is 0 Å². The zero-order valence-electron chi connectivity index (χ0n) is 13.0. The first-order chi connectivity index (χ1) is 10.6. The summed E-state index contributed by atoms with van der Waals surface area (Å²) in [6, 6.07) is 0. The molecule has 3 rings (SSSR count). The zero-order valence-corrected chi connectivity index (χ0v) is 13.0. The summed E-state index contributed by atoms with van der Waals surface area (Å²) in [6.45, 7) is 4.53. The predicted molar refractivity (Wildman–Crippen MR) is 81.9 cm³/mol. The number of nitrogens with one attached hydrogen (secondary N) is 1. The molecule has 0 aromatic carbocycles. The van der Waals surface area contributed by atoms with Crippen LogP contribution in [-0.2, 0) is 9.53 Å². The Morgan fingerprint density at radius 3 is 2.82 bits per heavy atom. The molecule has 120 valence electrons. The molecule has 0 aliphatic carbocycles. The normalized spacial score (nSPS) is 22.2.